The van der Waals surface area contributed by atoms with Crippen molar-refractivity contribution < 1.29 is 4.74 Å². The molecule has 1 atom stereocenters. The predicted molar refractivity (Wildman–Crippen MR) is 140 cm³/mol. The molecule has 1 aliphatic rings. The molecule has 1 saturated heterocycles. The molecule has 1 aromatic carbocycles. The van der Waals surface area contributed by atoms with Gasteiger partial charge in [-0.15, -0.1) is 0 Å². The summed E-state index contributed by atoms with van der Waals surface area (Å²) in [6, 6.07) is 14.1. The van der Waals surface area contributed by atoms with Gasteiger partial charge >= 0.3 is 0 Å². The van der Waals surface area contributed by atoms with Gasteiger partial charge in [-0.25, -0.2) is 15.0 Å². The molecule has 3 aromatic heterocycles. The van der Waals surface area contributed by atoms with Crippen molar-refractivity contribution in [2.24, 2.45) is 0 Å². The smallest absolute Gasteiger partial charge is 0.180 e. The van der Waals surface area contributed by atoms with Gasteiger partial charge in [0.2, 0.25) is 0 Å². The number of anilines is 2. The highest BCUT2D eigenvalue weighted by atomic mass is 35.5. The maximum atomic E-state index is 6.21. The zero-order valence-corrected chi connectivity index (χ0v) is 20.6. The number of nitrogens with one attached hydrogen (secondary N) is 2. The Balaban J connectivity index is 1.33. The average Bonchev–Trinajstić information content (AvgIpc) is 3.33. The zero-order chi connectivity index (χ0) is 24.0. The molecule has 5 rings (SSSR count). The largest absolute Gasteiger partial charge is 0.379 e. The quantitative estimate of drug-likeness (QED) is 0.349. The summed E-state index contributed by atoms with van der Waals surface area (Å²) in [5.41, 5.74) is 3.68. The highest BCUT2D eigenvalue weighted by molar-refractivity contribution is 6.30. The molecule has 0 saturated carbocycles. The normalized spacial score (nSPS) is 15.3. The van der Waals surface area contributed by atoms with Crippen LogP contribution >= 0.6 is 11.6 Å². The summed E-state index contributed by atoms with van der Waals surface area (Å²) in [7, 11) is 0. The fraction of sp³-hybridized carbons (Fsp3) is 0.346. The summed E-state index contributed by atoms with van der Waals surface area (Å²) in [5.74, 6) is 1.58. The van der Waals surface area contributed by atoms with Crippen molar-refractivity contribution in [1.82, 2.24) is 24.3 Å². The van der Waals surface area contributed by atoms with Crippen LogP contribution in [0.4, 0.5) is 11.6 Å². The van der Waals surface area contributed by atoms with E-state index in [1.807, 2.05) is 53.2 Å². The minimum Gasteiger partial charge on any atom is -0.379 e. The van der Waals surface area contributed by atoms with Gasteiger partial charge in [-0.3, -0.25) is 9.30 Å². The Bertz CT molecular complexity index is 1270. The zero-order valence-electron chi connectivity index (χ0n) is 19.8. The molecular formula is C26H30ClN7O. The van der Waals surface area contributed by atoms with Crippen LogP contribution < -0.4 is 10.6 Å². The number of aromatic nitrogens is 4. The number of halogens is 1. The Kier molecular flexibility index (Phi) is 7.42. The van der Waals surface area contributed by atoms with E-state index < -0.39 is 0 Å². The highest BCUT2D eigenvalue weighted by Gasteiger charge is 2.15. The lowest BCUT2D eigenvalue weighted by Crippen LogP contribution is -2.39. The van der Waals surface area contributed by atoms with Crippen molar-refractivity contribution >= 4 is 28.9 Å². The van der Waals surface area contributed by atoms with Crippen LogP contribution in [0.2, 0.25) is 5.02 Å². The van der Waals surface area contributed by atoms with Gasteiger partial charge in [-0.05, 0) is 36.2 Å². The van der Waals surface area contributed by atoms with E-state index in [1.165, 1.54) is 0 Å². The van der Waals surface area contributed by atoms with Gasteiger partial charge in [0.1, 0.15) is 5.82 Å². The first-order chi connectivity index (χ1) is 17.2. The van der Waals surface area contributed by atoms with Crippen LogP contribution in [0.5, 0.6) is 0 Å². The average molecular weight is 492 g/mol. The van der Waals surface area contributed by atoms with Crippen molar-refractivity contribution in [1.29, 1.82) is 0 Å². The summed E-state index contributed by atoms with van der Waals surface area (Å²) >= 11 is 6.21. The number of nitrogens with zero attached hydrogens (tertiary/aromatic N) is 5. The number of pyridine rings is 1. The van der Waals surface area contributed by atoms with Gasteiger partial charge in [-0.2, -0.15) is 0 Å². The lowest BCUT2D eigenvalue weighted by atomic mass is 10.0. The van der Waals surface area contributed by atoms with Crippen molar-refractivity contribution in [3.63, 3.8) is 0 Å². The molecule has 1 aliphatic heterocycles. The molecule has 1 unspecified atom stereocenters. The Morgan fingerprint density at radius 1 is 1.11 bits per heavy atom. The molecule has 35 heavy (non-hydrogen) atoms. The number of hydrogen-bond acceptors (Lipinski definition) is 7. The summed E-state index contributed by atoms with van der Waals surface area (Å²) < 4.78 is 7.46. The lowest BCUT2D eigenvalue weighted by Gasteiger charge is -2.26. The summed E-state index contributed by atoms with van der Waals surface area (Å²) in [4.78, 5) is 16.5. The first kappa shape index (κ1) is 23.5. The second-order valence-corrected chi connectivity index (χ2v) is 9.00. The lowest BCUT2D eigenvalue weighted by molar-refractivity contribution is 0.0398. The number of fused-ring (bicyclic) bond motifs is 1. The van der Waals surface area contributed by atoms with E-state index in [9.17, 15) is 0 Å². The first-order valence-corrected chi connectivity index (χ1v) is 12.4. The number of hydrogen-bond donors (Lipinski definition) is 2. The highest BCUT2D eigenvalue weighted by Crippen LogP contribution is 2.27. The Labute approximate surface area is 210 Å². The number of imidazole rings is 1. The van der Waals surface area contributed by atoms with Crippen molar-refractivity contribution in [2.45, 2.75) is 19.4 Å². The molecular weight excluding hydrogens is 462 g/mol. The molecule has 0 aliphatic carbocycles. The predicted octanol–water partition coefficient (Wildman–Crippen LogP) is 4.75. The van der Waals surface area contributed by atoms with Crippen molar-refractivity contribution in [3.05, 3.63) is 71.6 Å². The van der Waals surface area contributed by atoms with E-state index in [2.05, 4.69) is 38.5 Å². The van der Waals surface area contributed by atoms with Crippen LogP contribution in [0.15, 0.2) is 61.1 Å². The molecule has 0 amide bonds. The van der Waals surface area contributed by atoms with Crippen LogP contribution in [-0.4, -0.2) is 63.6 Å². The maximum Gasteiger partial charge on any atom is 0.180 e. The van der Waals surface area contributed by atoms with E-state index >= 15 is 0 Å². The Hall–Kier alpha value is -3.20. The molecule has 182 valence electrons. The van der Waals surface area contributed by atoms with Gasteiger partial charge in [-0.1, -0.05) is 36.7 Å². The molecule has 1 fully saturated rings. The maximum absolute atomic E-state index is 6.21. The molecule has 4 aromatic rings. The summed E-state index contributed by atoms with van der Waals surface area (Å²) in [6.45, 7) is 7.44. The SMILES string of the molecule is CCC(Nc1cccc(-c2cnc3c(NCCN4CCOCC4)nccn23)n1)c1cccc(Cl)c1. The minimum absolute atomic E-state index is 0.116. The number of morpholine rings is 1. The molecule has 0 radical (unpaired) electrons. The third-order valence-electron chi connectivity index (χ3n) is 6.25. The van der Waals surface area contributed by atoms with E-state index in [4.69, 9.17) is 21.3 Å². The Morgan fingerprint density at radius 2 is 1.97 bits per heavy atom. The van der Waals surface area contributed by atoms with Crippen LogP contribution in [0, 0.1) is 0 Å². The van der Waals surface area contributed by atoms with Crippen LogP contribution in [0.1, 0.15) is 24.9 Å². The van der Waals surface area contributed by atoms with Gasteiger partial charge in [0.05, 0.1) is 36.8 Å². The second-order valence-electron chi connectivity index (χ2n) is 8.56. The third-order valence-corrected chi connectivity index (χ3v) is 6.48. The molecule has 2 N–H and O–H groups in total. The topological polar surface area (TPSA) is 79.6 Å². The molecule has 0 bridgehead atoms. The van der Waals surface area contributed by atoms with E-state index in [1.54, 1.807) is 6.20 Å². The molecule has 8 nitrogen and oxygen atoms in total. The van der Waals surface area contributed by atoms with Gasteiger partial charge in [0.25, 0.3) is 0 Å². The van der Waals surface area contributed by atoms with E-state index in [0.29, 0.717) is 0 Å². The fourth-order valence-electron chi connectivity index (χ4n) is 4.37. The minimum atomic E-state index is 0.116. The standard InChI is InChI=1S/C26H30ClN7O/c1-2-21(19-5-3-6-20(27)17-19)31-24-8-4-7-22(32-24)23-18-30-26-25(29-10-12-34(23)26)28-9-11-33-13-15-35-16-14-33/h3-8,10,12,17-18,21H,2,9,11,13-16H2,1H3,(H,28,29)(H,31,32). The van der Waals surface area contributed by atoms with Gasteiger partial charge in [0.15, 0.2) is 11.5 Å². The van der Waals surface area contributed by atoms with Gasteiger partial charge < -0.3 is 15.4 Å². The molecule has 9 heteroatoms. The van der Waals surface area contributed by atoms with Crippen LogP contribution in [-0.2, 0) is 4.74 Å². The number of benzene rings is 1. The molecule has 4 heterocycles. The monoisotopic (exact) mass is 491 g/mol. The van der Waals surface area contributed by atoms with Crippen LogP contribution in [0.3, 0.4) is 0 Å². The van der Waals surface area contributed by atoms with E-state index in [0.717, 1.165) is 85.1 Å². The van der Waals surface area contributed by atoms with E-state index in [-0.39, 0.29) is 6.04 Å². The third kappa shape index (κ3) is 5.56. The fourth-order valence-corrected chi connectivity index (χ4v) is 4.57. The van der Waals surface area contributed by atoms with Crippen LogP contribution in [0.25, 0.3) is 17.0 Å². The summed E-state index contributed by atoms with van der Waals surface area (Å²) in [5, 5.41) is 7.74. The van der Waals surface area contributed by atoms with Crippen molar-refractivity contribution in [2.75, 3.05) is 50.0 Å². The van der Waals surface area contributed by atoms with Gasteiger partial charge in [0, 0.05) is 43.6 Å². The van der Waals surface area contributed by atoms with Crippen molar-refractivity contribution in [3.8, 4) is 11.4 Å². The second kappa shape index (κ2) is 11.0. The number of ether oxygens (including phenoxy) is 1. The number of rotatable bonds is 9. The Morgan fingerprint density at radius 3 is 2.80 bits per heavy atom. The summed E-state index contributed by atoms with van der Waals surface area (Å²) in [6.07, 6.45) is 6.48. The molecule has 0 spiro atoms. The first-order valence-electron chi connectivity index (χ1n) is 12.1.